The minimum Gasteiger partial charge on any atom is -0.462 e. The van der Waals surface area contributed by atoms with Gasteiger partial charge >= 0.3 is 5.97 Å². The second kappa shape index (κ2) is 6.02. The number of thiocarbonyl (C=S) groups is 1. The van der Waals surface area contributed by atoms with Crippen LogP contribution in [0.4, 0.5) is 5.69 Å². The predicted octanol–water partition coefficient (Wildman–Crippen LogP) is 3.04. The summed E-state index contributed by atoms with van der Waals surface area (Å²) in [7, 11) is 0. The molecule has 1 aromatic carbocycles. The predicted molar refractivity (Wildman–Crippen MR) is 86.5 cm³/mol. The van der Waals surface area contributed by atoms with Crippen LogP contribution in [0.3, 0.4) is 0 Å². The van der Waals surface area contributed by atoms with Crippen LogP contribution in [-0.2, 0) is 4.74 Å². The lowest BCUT2D eigenvalue weighted by Gasteiger charge is -2.29. The Kier molecular flexibility index (Phi) is 4.10. The molecular weight excluding hydrogens is 284 g/mol. The number of nitrogens with zero attached hydrogens (tertiary/aromatic N) is 1. The van der Waals surface area contributed by atoms with Crippen LogP contribution in [0, 0.1) is 5.92 Å². The van der Waals surface area contributed by atoms with Gasteiger partial charge in [-0.3, -0.25) is 0 Å². The van der Waals surface area contributed by atoms with Crippen molar-refractivity contribution in [1.82, 2.24) is 4.90 Å². The summed E-state index contributed by atoms with van der Waals surface area (Å²) in [6.07, 6.45) is 3.88. The number of esters is 1. The van der Waals surface area contributed by atoms with Crippen LogP contribution < -0.4 is 5.32 Å². The topological polar surface area (TPSA) is 41.6 Å². The van der Waals surface area contributed by atoms with Crippen LogP contribution in [0.1, 0.15) is 36.5 Å². The molecule has 1 aromatic rings. The molecule has 5 heteroatoms. The lowest BCUT2D eigenvalue weighted by Crippen LogP contribution is -2.40. The SMILES string of the molecule is CCOC(=O)c1ccc(NC(=S)N2CC3CCC2C3)cc1. The number of benzene rings is 1. The summed E-state index contributed by atoms with van der Waals surface area (Å²) in [5.74, 6) is 0.532. The maximum absolute atomic E-state index is 11.6. The summed E-state index contributed by atoms with van der Waals surface area (Å²) < 4.78 is 4.97. The number of carbonyl (C=O) groups excluding carboxylic acids is 1. The van der Waals surface area contributed by atoms with E-state index >= 15 is 0 Å². The number of hydrogen-bond donors (Lipinski definition) is 1. The number of hydrogen-bond acceptors (Lipinski definition) is 3. The normalized spacial score (nSPS) is 23.2. The maximum atomic E-state index is 11.6. The van der Waals surface area contributed by atoms with E-state index in [0.29, 0.717) is 18.2 Å². The average molecular weight is 304 g/mol. The highest BCUT2D eigenvalue weighted by Gasteiger charge is 2.38. The molecule has 0 aromatic heterocycles. The van der Waals surface area contributed by atoms with Crippen molar-refractivity contribution in [1.29, 1.82) is 0 Å². The molecule has 2 bridgehead atoms. The molecule has 2 atom stereocenters. The van der Waals surface area contributed by atoms with E-state index in [1.807, 2.05) is 12.1 Å². The highest BCUT2D eigenvalue weighted by atomic mass is 32.1. The molecule has 1 aliphatic heterocycles. The lowest BCUT2D eigenvalue weighted by atomic mass is 10.1. The molecule has 1 saturated heterocycles. The van der Waals surface area contributed by atoms with Crippen molar-refractivity contribution in [2.45, 2.75) is 32.2 Å². The number of carbonyl (C=O) groups is 1. The van der Waals surface area contributed by atoms with Crippen molar-refractivity contribution in [3.05, 3.63) is 29.8 Å². The van der Waals surface area contributed by atoms with Gasteiger partial charge in [-0.25, -0.2) is 4.79 Å². The smallest absolute Gasteiger partial charge is 0.338 e. The Labute approximate surface area is 130 Å². The largest absolute Gasteiger partial charge is 0.462 e. The first-order valence-corrected chi connectivity index (χ1v) is 7.93. The van der Waals surface area contributed by atoms with Gasteiger partial charge in [-0.05, 0) is 68.6 Å². The third-order valence-corrected chi connectivity index (χ3v) is 4.65. The van der Waals surface area contributed by atoms with Gasteiger partial charge in [0.2, 0.25) is 0 Å². The van der Waals surface area contributed by atoms with Gasteiger partial charge in [-0.2, -0.15) is 0 Å². The van der Waals surface area contributed by atoms with Gasteiger partial charge in [0.05, 0.1) is 12.2 Å². The Morgan fingerprint density at radius 3 is 2.71 bits per heavy atom. The second-order valence-corrected chi connectivity index (χ2v) is 6.10. The molecule has 0 amide bonds. The van der Waals surface area contributed by atoms with E-state index in [-0.39, 0.29) is 5.97 Å². The molecule has 21 heavy (non-hydrogen) atoms. The first kappa shape index (κ1) is 14.3. The van der Waals surface area contributed by atoms with Crippen molar-refractivity contribution in [2.24, 2.45) is 5.92 Å². The average Bonchev–Trinajstić information content (AvgIpc) is 3.11. The van der Waals surface area contributed by atoms with Gasteiger partial charge in [0.25, 0.3) is 0 Å². The number of rotatable bonds is 3. The molecular formula is C16H20N2O2S. The standard InChI is InChI=1S/C16H20N2O2S/c1-2-20-15(19)12-4-6-13(7-5-12)17-16(21)18-10-11-3-8-14(18)9-11/h4-7,11,14H,2-3,8-10H2,1H3,(H,17,21). The van der Waals surface area contributed by atoms with Crippen LogP contribution in [0.25, 0.3) is 0 Å². The van der Waals surface area contributed by atoms with E-state index in [2.05, 4.69) is 10.2 Å². The number of nitrogens with one attached hydrogen (secondary N) is 1. The molecule has 4 nitrogen and oxygen atoms in total. The first-order chi connectivity index (χ1) is 10.2. The summed E-state index contributed by atoms with van der Waals surface area (Å²) in [6, 6.07) is 7.88. The van der Waals surface area contributed by atoms with Crippen LogP contribution in [0.15, 0.2) is 24.3 Å². The van der Waals surface area contributed by atoms with E-state index in [0.717, 1.165) is 23.3 Å². The molecule has 3 rings (SSSR count). The third kappa shape index (κ3) is 3.02. The van der Waals surface area contributed by atoms with Gasteiger partial charge in [-0.1, -0.05) is 0 Å². The van der Waals surface area contributed by atoms with Gasteiger partial charge in [-0.15, -0.1) is 0 Å². The number of fused-ring (bicyclic) bond motifs is 2. The van der Waals surface area contributed by atoms with Gasteiger partial charge in [0, 0.05) is 18.3 Å². The van der Waals surface area contributed by atoms with Crippen molar-refractivity contribution in [3.8, 4) is 0 Å². The van der Waals surface area contributed by atoms with Crippen LogP contribution in [-0.4, -0.2) is 35.2 Å². The Hall–Kier alpha value is -1.62. The Morgan fingerprint density at radius 1 is 1.38 bits per heavy atom. The quantitative estimate of drug-likeness (QED) is 0.686. The zero-order valence-corrected chi connectivity index (χ0v) is 13.0. The summed E-state index contributed by atoms with van der Waals surface area (Å²) >= 11 is 5.51. The zero-order chi connectivity index (χ0) is 14.8. The highest BCUT2D eigenvalue weighted by molar-refractivity contribution is 7.80. The van der Waals surface area contributed by atoms with Gasteiger partial charge < -0.3 is 15.0 Å². The van der Waals surface area contributed by atoms with Crippen molar-refractivity contribution < 1.29 is 9.53 Å². The molecule has 2 aliphatic rings. The van der Waals surface area contributed by atoms with Crippen LogP contribution >= 0.6 is 12.2 Å². The Morgan fingerprint density at radius 2 is 2.14 bits per heavy atom. The molecule has 2 fully saturated rings. The molecule has 1 heterocycles. The fourth-order valence-electron chi connectivity index (χ4n) is 3.27. The number of ether oxygens (including phenoxy) is 1. The minimum absolute atomic E-state index is 0.288. The second-order valence-electron chi connectivity index (χ2n) is 5.71. The molecule has 2 unspecified atom stereocenters. The van der Waals surface area contributed by atoms with E-state index < -0.39 is 0 Å². The fraction of sp³-hybridized carbons (Fsp3) is 0.500. The number of anilines is 1. The zero-order valence-electron chi connectivity index (χ0n) is 12.2. The van der Waals surface area contributed by atoms with E-state index in [9.17, 15) is 4.79 Å². The van der Waals surface area contributed by atoms with Crippen LogP contribution in [0.5, 0.6) is 0 Å². The maximum Gasteiger partial charge on any atom is 0.338 e. The van der Waals surface area contributed by atoms with Crippen molar-refractivity contribution in [3.63, 3.8) is 0 Å². The van der Waals surface area contributed by atoms with E-state index in [1.54, 1.807) is 19.1 Å². The van der Waals surface area contributed by atoms with Crippen molar-refractivity contribution in [2.75, 3.05) is 18.5 Å². The number of piperidine rings is 1. The molecule has 0 radical (unpaired) electrons. The summed E-state index contributed by atoms with van der Waals surface area (Å²) in [5, 5.41) is 4.07. The number of likely N-dealkylation sites (tertiary alicyclic amines) is 1. The molecule has 1 saturated carbocycles. The summed E-state index contributed by atoms with van der Waals surface area (Å²) in [4.78, 5) is 13.9. The molecule has 112 valence electrons. The third-order valence-electron chi connectivity index (χ3n) is 4.32. The monoisotopic (exact) mass is 304 g/mol. The van der Waals surface area contributed by atoms with E-state index in [4.69, 9.17) is 17.0 Å². The van der Waals surface area contributed by atoms with Gasteiger partial charge in [0.1, 0.15) is 0 Å². The summed E-state index contributed by atoms with van der Waals surface area (Å²) in [6.45, 7) is 3.27. The van der Waals surface area contributed by atoms with E-state index in [1.165, 1.54) is 19.3 Å². The Balaban J connectivity index is 1.60. The first-order valence-electron chi connectivity index (χ1n) is 7.52. The van der Waals surface area contributed by atoms with Crippen LogP contribution in [0.2, 0.25) is 0 Å². The van der Waals surface area contributed by atoms with Crippen molar-refractivity contribution >= 4 is 29.0 Å². The molecule has 0 spiro atoms. The highest BCUT2D eigenvalue weighted by Crippen LogP contribution is 2.37. The summed E-state index contributed by atoms with van der Waals surface area (Å²) in [5.41, 5.74) is 1.48. The Bertz CT molecular complexity index is 544. The molecule has 1 aliphatic carbocycles. The van der Waals surface area contributed by atoms with Gasteiger partial charge in [0.15, 0.2) is 5.11 Å². The lowest BCUT2D eigenvalue weighted by molar-refractivity contribution is 0.0526. The molecule has 1 N–H and O–H groups in total. The fourth-order valence-corrected chi connectivity index (χ4v) is 3.61. The minimum atomic E-state index is -0.288.